The minimum atomic E-state index is -3.63. The Labute approximate surface area is 162 Å². The number of thiophene rings is 1. The van der Waals surface area contributed by atoms with E-state index in [0.29, 0.717) is 5.69 Å². The summed E-state index contributed by atoms with van der Waals surface area (Å²) in [5.41, 5.74) is 2.50. The molecule has 1 aromatic carbocycles. The maximum atomic E-state index is 12.2. The van der Waals surface area contributed by atoms with E-state index in [9.17, 15) is 18.0 Å². The molecule has 1 amide bonds. The smallest absolute Gasteiger partial charge is 0.307 e. The van der Waals surface area contributed by atoms with Crippen LogP contribution in [0, 0.1) is 13.8 Å². The number of para-hydroxylation sites is 1. The van der Waals surface area contributed by atoms with E-state index in [1.54, 1.807) is 11.4 Å². The van der Waals surface area contributed by atoms with Gasteiger partial charge in [0.1, 0.15) is 4.21 Å². The maximum absolute atomic E-state index is 12.2. The van der Waals surface area contributed by atoms with E-state index in [-0.39, 0.29) is 17.2 Å². The van der Waals surface area contributed by atoms with Crippen molar-refractivity contribution in [2.75, 3.05) is 11.9 Å². The third-order valence-electron chi connectivity index (χ3n) is 3.79. The zero-order valence-corrected chi connectivity index (χ0v) is 16.9. The normalized spacial score (nSPS) is 12.4. The van der Waals surface area contributed by atoms with E-state index in [4.69, 9.17) is 4.74 Å². The topological polar surface area (TPSA) is 102 Å². The van der Waals surface area contributed by atoms with E-state index in [1.807, 2.05) is 32.0 Å². The van der Waals surface area contributed by atoms with Crippen molar-refractivity contribution in [2.24, 2.45) is 0 Å². The first-order chi connectivity index (χ1) is 12.7. The second-order valence-electron chi connectivity index (χ2n) is 5.97. The predicted molar refractivity (Wildman–Crippen MR) is 104 cm³/mol. The van der Waals surface area contributed by atoms with Gasteiger partial charge in [-0.15, -0.1) is 11.3 Å². The molecule has 2 rings (SSSR count). The van der Waals surface area contributed by atoms with Gasteiger partial charge in [-0.3, -0.25) is 9.59 Å². The van der Waals surface area contributed by atoms with Gasteiger partial charge in [0, 0.05) is 12.2 Å². The van der Waals surface area contributed by atoms with Crippen LogP contribution in [0.2, 0.25) is 0 Å². The van der Waals surface area contributed by atoms with Gasteiger partial charge in [-0.25, -0.2) is 13.1 Å². The second kappa shape index (κ2) is 9.12. The van der Waals surface area contributed by atoms with Crippen LogP contribution in [-0.4, -0.2) is 32.9 Å². The van der Waals surface area contributed by atoms with Crippen LogP contribution in [0.4, 0.5) is 5.69 Å². The summed E-state index contributed by atoms with van der Waals surface area (Å²) in [6.07, 6.45) is -1.17. The minimum absolute atomic E-state index is 0.107. The molecule has 2 aromatic rings. The SMILES string of the molecule is Cc1cccc(C)c1NC(=O)C(C)OC(=O)CCNS(=O)(=O)c1cccs1. The van der Waals surface area contributed by atoms with Crippen LogP contribution in [0.5, 0.6) is 0 Å². The molecule has 0 radical (unpaired) electrons. The lowest BCUT2D eigenvalue weighted by atomic mass is 10.1. The van der Waals surface area contributed by atoms with Gasteiger partial charge < -0.3 is 10.1 Å². The molecule has 0 aliphatic carbocycles. The highest BCUT2D eigenvalue weighted by Gasteiger charge is 2.20. The number of benzene rings is 1. The molecule has 0 bridgehead atoms. The number of nitrogens with one attached hydrogen (secondary N) is 2. The van der Waals surface area contributed by atoms with Gasteiger partial charge in [-0.1, -0.05) is 24.3 Å². The number of hydrogen-bond acceptors (Lipinski definition) is 6. The molecule has 0 saturated carbocycles. The first-order valence-corrected chi connectivity index (χ1v) is 10.7. The van der Waals surface area contributed by atoms with Crippen molar-refractivity contribution < 1.29 is 22.7 Å². The van der Waals surface area contributed by atoms with Crippen molar-refractivity contribution in [3.63, 3.8) is 0 Å². The minimum Gasteiger partial charge on any atom is -0.452 e. The quantitative estimate of drug-likeness (QED) is 0.652. The zero-order chi connectivity index (χ0) is 20.0. The Morgan fingerprint density at radius 1 is 1.15 bits per heavy atom. The van der Waals surface area contributed by atoms with Crippen LogP contribution in [0.25, 0.3) is 0 Å². The highest BCUT2D eigenvalue weighted by molar-refractivity contribution is 7.91. The lowest BCUT2D eigenvalue weighted by Gasteiger charge is -2.16. The Morgan fingerprint density at radius 3 is 2.41 bits per heavy atom. The number of carbonyl (C=O) groups is 2. The first-order valence-electron chi connectivity index (χ1n) is 8.30. The standard InChI is InChI=1S/C18H22N2O5S2/c1-12-6-4-7-13(2)17(12)20-18(22)14(3)25-15(21)9-10-19-27(23,24)16-8-5-11-26-16/h4-8,11,14,19H,9-10H2,1-3H3,(H,20,22). The molecule has 7 nitrogen and oxygen atoms in total. The van der Waals surface area contributed by atoms with Gasteiger partial charge >= 0.3 is 5.97 Å². The van der Waals surface area contributed by atoms with Gasteiger partial charge in [0.25, 0.3) is 5.91 Å². The monoisotopic (exact) mass is 410 g/mol. The number of ether oxygens (including phenoxy) is 1. The highest BCUT2D eigenvalue weighted by Crippen LogP contribution is 2.20. The molecule has 0 fully saturated rings. The van der Waals surface area contributed by atoms with Crippen molar-refractivity contribution in [3.05, 3.63) is 46.8 Å². The summed E-state index contributed by atoms with van der Waals surface area (Å²) in [6.45, 7) is 5.11. The molecular formula is C18H22N2O5S2. The number of amides is 1. The van der Waals surface area contributed by atoms with E-state index in [2.05, 4.69) is 10.0 Å². The zero-order valence-electron chi connectivity index (χ0n) is 15.3. The molecule has 1 aromatic heterocycles. The van der Waals surface area contributed by atoms with Gasteiger partial charge in [0.2, 0.25) is 10.0 Å². The summed E-state index contributed by atoms with van der Waals surface area (Å²) in [7, 11) is -3.63. The van der Waals surface area contributed by atoms with Gasteiger partial charge in [0.15, 0.2) is 6.10 Å². The molecular weight excluding hydrogens is 388 g/mol. The molecule has 0 aliphatic rings. The van der Waals surface area contributed by atoms with Crippen molar-refractivity contribution in [1.29, 1.82) is 0 Å². The summed E-state index contributed by atoms with van der Waals surface area (Å²) in [5, 5.41) is 4.41. The number of rotatable bonds is 8. The van der Waals surface area contributed by atoms with Gasteiger partial charge in [-0.2, -0.15) is 0 Å². The van der Waals surface area contributed by atoms with Gasteiger partial charge in [-0.05, 0) is 43.3 Å². The molecule has 0 spiro atoms. The van der Waals surface area contributed by atoms with Crippen LogP contribution in [-0.2, 0) is 24.3 Å². The van der Waals surface area contributed by atoms with Crippen LogP contribution in [0.3, 0.4) is 0 Å². The van der Waals surface area contributed by atoms with Crippen molar-refractivity contribution in [2.45, 2.75) is 37.5 Å². The van der Waals surface area contributed by atoms with Crippen LogP contribution in [0.15, 0.2) is 39.9 Å². The number of esters is 1. The summed E-state index contributed by atoms with van der Waals surface area (Å²) >= 11 is 1.09. The average Bonchev–Trinajstić information content (AvgIpc) is 3.13. The Balaban J connectivity index is 1.82. The summed E-state index contributed by atoms with van der Waals surface area (Å²) in [4.78, 5) is 24.1. The number of aryl methyl sites for hydroxylation is 2. The molecule has 1 heterocycles. The molecule has 1 atom stereocenters. The first kappa shape index (κ1) is 21.1. The number of carbonyl (C=O) groups excluding carboxylic acids is 2. The fourth-order valence-corrected chi connectivity index (χ4v) is 4.39. The molecule has 0 aliphatic heterocycles. The number of hydrogen-bond donors (Lipinski definition) is 2. The van der Waals surface area contributed by atoms with E-state index in [0.717, 1.165) is 22.5 Å². The fraction of sp³-hybridized carbons (Fsp3) is 0.333. The lowest BCUT2D eigenvalue weighted by molar-refractivity contribution is -0.152. The van der Waals surface area contributed by atoms with E-state index < -0.39 is 28.0 Å². The predicted octanol–water partition coefficient (Wildman–Crippen LogP) is 2.60. The fourth-order valence-electron chi connectivity index (χ4n) is 2.32. The summed E-state index contributed by atoms with van der Waals surface area (Å²) < 4.78 is 31.5. The second-order valence-corrected chi connectivity index (χ2v) is 8.91. The van der Waals surface area contributed by atoms with Crippen molar-refractivity contribution in [1.82, 2.24) is 4.72 Å². The third-order valence-corrected chi connectivity index (χ3v) is 6.65. The Kier molecular flexibility index (Phi) is 7.11. The van der Waals surface area contributed by atoms with Gasteiger partial charge in [0.05, 0.1) is 6.42 Å². The Hall–Kier alpha value is -2.23. The Morgan fingerprint density at radius 2 is 1.81 bits per heavy atom. The number of sulfonamides is 1. The molecule has 2 N–H and O–H groups in total. The van der Waals surface area contributed by atoms with Crippen LogP contribution < -0.4 is 10.0 Å². The maximum Gasteiger partial charge on any atom is 0.307 e. The highest BCUT2D eigenvalue weighted by atomic mass is 32.2. The van der Waals surface area contributed by atoms with Crippen molar-refractivity contribution >= 4 is 38.9 Å². The van der Waals surface area contributed by atoms with Crippen molar-refractivity contribution in [3.8, 4) is 0 Å². The third kappa shape index (κ3) is 5.88. The summed E-state index contributed by atoms with van der Waals surface area (Å²) in [5.74, 6) is -1.10. The molecule has 27 heavy (non-hydrogen) atoms. The lowest BCUT2D eigenvalue weighted by Crippen LogP contribution is -2.32. The molecule has 146 valence electrons. The van der Waals surface area contributed by atoms with Crippen LogP contribution in [0.1, 0.15) is 24.5 Å². The molecule has 1 unspecified atom stereocenters. The number of anilines is 1. The Bertz CT molecular complexity index is 888. The largest absolute Gasteiger partial charge is 0.452 e. The van der Waals surface area contributed by atoms with Crippen LogP contribution >= 0.6 is 11.3 Å². The molecule has 0 saturated heterocycles. The molecule has 9 heteroatoms. The summed E-state index contributed by atoms with van der Waals surface area (Å²) in [6, 6.07) is 8.74. The van der Waals surface area contributed by atoms with E-state index >= 15 is 0 Å². The van der Waals surface area contributed by atoms with E-state index in [1.165, 1.54) is 13.0 Å². The average molecular weight is 411 g/mol.